The average Bonchev–Trinajstić information content (AvgIpc) is 2.75. The maximum Gasteiger partial charge on any atom is 0.191 e. The molecule has 5 heteroatoms. The van der Waals surface area contributed by atoms with Crippen molar-refractivity contribution in [2.24, 2.45) is 4.99 Å². The van der Waals surface area contributed by atoms with Crippen molar-refractivity contribution in [3.63, 3.8) is 0 Å². The molecule has 1 atom stereocenters. The largest absolute Gasteiger partial charge is 0.356 e. The topological polar surface area (TPSA) is 39.7 Å². The van der Waals surface area contributed by atoms with Gasteiger partial charge in [-0.05, 0) is 52.6 Å². The van der Waals surface area contributed by atoms with Crippen LogP contribution in [0.15, 0.2) is 4.99 Å². The molecule has 0 spiro atoms. The highest BCUT2D eigenvalue weighted by Gasteiger charge is 2.29. The molecule has 1 unspecified atom stereocenters. The highest BCUT2D eigenvalue weighted by atomic mass is 32.2. The van der Waals surface area contributed by atoms with Gasteiger partial charge < -0.3 is 15.5 Å². The Morgan fingerprint density at radius 2 is 2.17 bits per heavy atom. The Hall–Kier alpha value is -0.420. The van der Waals surface area contributed by atoms with Crippen LogP contribution in [0.25, 0.3) is 0 Å². The van der Waals surface area contributed by atoms with Crippen LogP contribution < -0.4 is 10.6 Å². The smallest absolute Gasteiger partial charge is 0.191 e. The Bertz CT molecular complexity index is 260. The van der Waals surface area contributed by atoms with Crippen LogP contribution >= 0.6 is 11.8 Å². The number of thioether (sulfide) groups is 1. The summed E-state index contributed by atoms with van der Waals surface area (Å²) in [7, 11) is 6.04. The first kappa shape index (κ1) is 15.6. The fraction of sp³-hybridized carbons (Fsp3) is 0.923. The molecule has 1 fully saturated rings. The van der Waals surface area contributed by atoms with Crippen molar-refractivity contribution in [2.75, 3.05) is 46.5 Å². The summed E-state index contributed by atoms with van der Waals surface area (Å²) in [4.78, 5) is 6.47. The molecule has 18 heavy (non-hydrogen) atoms. The summed E-state index contributed by atoms with van der Waals surface area (Å²) in [5.74, 6) is 2.23. The third-order valence-corrected chi connectivity index (χ3v) is 4.77. The van der Waals surface area contributed by atoms with Crippen LogP contribution in [0.3, 0.4) is 0 Å². The van der Waals surface area contributed by atoms with Gasteiger partial charge in [0.1, 0.15) is 0 Å². The van der Waals surface area contributed by atoms with Crippen LogP contribution in [-0.4, -0.2) is 62.1 Å². The number of nitrogens with zero attached hydrogens (tertiary/aromatic N) is 2. The third-order valence-electron chi connectivity index (χ3n) is 3.23. The Labute approximate surface area is 116 Å². The summed E-state index contributed by atoms with van der Waals surface area (Å²) < 4.78 is 0.390. The van der Waals surface area contributed by atoms with Gasteiger partial charge in [0.15, 0.2) is 5.96 Å². The van der Waals surface area contributed by atoms with E-state index in [-0.39, 0.29) is 0 Å². The fourth-order valence-electron chi connectivity index (χ4n) is 2.07. The second-order valence-electron chi connectivity index (χ2n) is 5.41. The van der Waals surface area contributed by atoms with Gasteiger partial charge in [-0.2, -0.15) is 11.8 Å². The summed E-state index contributed by atoms with van der Waals surface area (Å²) in [5, 5.41) is 6.81. The highest BCUT2D eigenvalue weighted by molar-refractivity contribution is 8.00. The van der Waals surface area contributed by atoms with E-state index in [1.807, 2.05) is 7.05 Å². The van der Waals surface area contributed by atoms with E-state index in [9.17, 15) is 0 Å². The minimum absolute atomic E-state index is 0.390. The van der Waals surface area contributed by atoms with Crippen molar-refractivity contribution in [1.29, 1.82) is 0 Å². The van der Waals surface area contributed by atoms with E-state index in [0.29, 0.717) is 4.75 Å². The van der Waals surface area contributed by atoms with Crippen molar-refractivity contribution in [3.8, 4) is 0 Å². The summed E-state index contributed by atoms with van der Waals surface area (Å²) in [6.07, 6.45) is 3.79. The van der Waals surface area contributed by atoms with Crippen molar-refractivity contribution in [1.82, 2.24) is 15.5 Å². The molecular formula is C13H28N4S. The van der Waals surface area contributed by atoms with Crippen LogP contribution in [0.4, 0.5) is 0 Å². The molecule has 0 radical (unpaired) electrons. The highest BCUT2D eigenvalue weighted by Crippen LogP contribution is 2.36. The molecule has 0 aromatic carbocycles. The van der Waals surface area contributed by atoms with Crippen LogP contribution in [0.5, 0.6) is 0 Å². The first-order valence-corrected chi connectivity index (χ1v) is 7.77. The summed E-state index contributed by atoms with van der Waals surface area (Å²) in [6.45, 7) is 5.43. The zero-order valence-corrected chi connectivity index (χ0v) is 13.1. The van der Waals surface area contributed by atoms with E-state index >= 15 is 0 Å². The predicted octanol–water partition coefficient (Wildman–Crippen LogP) is 1.39. The Morgan fingerprint density at radius 1 is 1.39 bits per heavy atom. The monoisotopic (exact) mass is 272 g/mol. The fourth-order valence-corrected chi connectivity index (χ4v) is 3.31. The molecule has 0 saturated carbocycles. The first-order valence-electron chi connectivity index (χ1n) is 6.79. The Kier molecular flexibility index (Phi) is 6.86. The number of aliphatic imine (C=N–C) groups is 1. The van der Waals surface area contributed by atoms with E-state index < -0.39 is 0 Å². The maximum atomic E-state index is 4.27. The Balaban J connectivity index is 2.17. The SMILES string of the molecule is CN=C(NCCCN(C)C)NCC1(C)CCCS1. The average molecular weight is 272 g/mol. The first-order chi connectivity index (χ1) is 8.56. The van der Waals surface area contributed by atoms with Gasteiger partial charge in [0.05, 0.1) is 0 Å². The molecule has 1 aliphatic rings. The lowest BCUT2D eigenvalue weighted by atomic mass is 10.1. The van der Waals surface area contributed by atoms with Gasteiger partial charge in [-0.15, -0.1) is 0 Å². The molecular weight excluding hydrogens is 244 g/mol. The lowest BCUT2D eigenvalue weighted by molar-refractivity contribution is 0.399. The Morgan fingerprint density at radius 3 is 2.72 bits per heavy atom. The standard InChI is InChI=1S/C13H28N4S/c1-13(7-5-10-18-13)11-16-12(14-2)15-8-6-9-17(3)4/h5-11H2,1-4H3,(H2,14,15,16). The zero-order chi connectivity index (χ0) is 13.4. The number of hydrogen-bond donors (Lipinski definition) is 2. The normalized spacial score (nSPS) is 24.6. The van der Waals surface area contributed by atoms with Crippen LogP contribution in [-0.2, 0) is 0 Å². The molecule has 0 amide bonds. The third kappa shape index (κ3) is 5.96. The van der Waals surface area contributed by atoms with Gasteiger partial charge in [0.2, 0.25) is 0 Å². The molecule has 1 heterocycles. The molecule has 4 nitrogen and oxygen atoms in total. The molecule has 0 aromatic heterocycles. The summed E-state index contributed by atoms with van der Waals surface area (Å²) in [5.41, 5.74) is 0. The van der Waals surface area contributed by atoms with Crippen molar-refractivity contribution < 1.29 is 0 Å². The van der Waals surface area contributed by atoms with E-state index in [1.165, 1.54) is 18.6 Å². The number of guanidine groups is 1. The van der Waals surface area contributed by atoms with E-state index in [2.05, 4.69) is 53.3 Å². The molecule has 0 aromatic rings. The van der Waals surface area contributed by atoms with Crippen LogP contribution in [0.2, 0.25) is 0 Å². The predicted molar refractivity (Wildman–Crippen MR) is 82.6 cm³/mol. The van der Waals surface area contributed by atoms with Crippen molar-refractivity contribution in [2.45, 2.75) is 30.9 Å². The molecule has 0 bridgehead atoms. The van der Waals surface area contributed by atoms with Crippen LogP contribution in [0, 0.1) is 0 Å². The van der Waals surface area contributed by atoms with Crippen molar-refractivity contribution in [3.05, 3.63) is 0 Å². The van der Waals surface area contributed by atoms with Crippen LogP contribution in [0.1, 0.15) is 26.2 Å². The lowest BCUT2D eigenvalue weighted by Gasteiger charge is -2.24. The minimum Gasteiger partial charge on any atom is -0.356 e. The van der Waals surface area contributed by atoms with Gasteiger partial charge in [-0.1, -0.05) is 0 Å². The van der Waals surface area contributed by atoms with Gasteiger partial charge >= 0.3 is 0 Å². The molecule has 1 aliphatic heterocycles. The van der Waals surface area contributed by atoms with Gasteiger partial charge in [-0.3, -0.25) is 4.99 Å². The molecule has 1 rings (SSSR count). The second kappa shape index (κ2) is 7.89. The minimum atomic E-state index is 0.390. The molecule has 1 saturated heterocycles. The lowest BCUT2D eigenvalue weighted by Crippen LogP contribution is -2.44. The number of rotatable bonds is 6. The second-order valence-corrected chi connectivity index (χ2v) is 7.09. The van der Waals surface area contributed by atoms with E-state index in [1.54, 1.807) is 0 Å². The zero-order valence-electron chi connectivity index (χ0n) is 12.3. The summed E-state index contributed by atoms with van der Waals surface area (Å²) in [6, 6.07) is 0. The maximum absolute atomic E-state index is 4.27. The number of hydrogen-bond acceptors (Lipinski definition) is 3. The quantitative estimate of drug-likeness (QED) is 0.435. The molecule has 2 N–H and O–H groups in total. The van der Waals surface area contributed by atoms with E-state index in [0.717, 1.165) is 32.0 Å². The number of nitrogens with one attached hydrogen (secondary N) is 2. The van der Waals surface area contributed by atoms with Crippen molar-refractivity contribution >= 4 is 17.7 Å². The van der Waals surface area contributed by atoms with Gasteiger partial charge in [0, 0.05) is 24.9 Å². The summed E-state index contributed by atoms with van der Waals surface area (Å²) >= 11 is 2.08. The molecule has 106 valence electrons. The molecule has 0 aliphatic carbocycles. The van der Waals surface area contributed by atoms with Gasteiger partial charge in [0.25, 0.3) is 0 Å². The van der Waals surface area contributed by atoms with Gasteiger partial charge in [-0.25, -0.2) is 0 Å². The van der Waals surface area contributed by atoms with E-state index in [4.69, 9.17) is 0 Å².